The molecule has 2 rings (SSSR count). The molecule has 21 heavy (non-hydrogen) atoms. The van der Waals surface area contributed by atoms with Crippen molar-refractivity contribution in [3.8, 4) is 0 Å². The van der Waals surface area contributed by atoms with Crippen molar-refractivity contribution in [3.05, 3.63) is 0 Å². The van der Waals surface area contributed by atoms with Gasteiger partial charge in [-0.2, -0.15) is 0 Å². The van der Waals surface area contributed by atoms with Gasteiger partial charge in [-0.25, -0.2) is 0 Å². The molecule has 0 aromatic heterocycles. The second-order valence-corrected chi connectivity index (χ2v) is 11.4. The van der Waals surface area contributed by atoms with Crippen LogP contribution < -0.4 is 0 Å². The molecule has 1 heterocycles. The molecule has 0 N–H and O–H groups in total. The van der Waals surface area contributed by atoms with E-state index < -0.39 is 0 Å². The third kappa shape index (κ3) is 4.33. The van der Waals surface area contributed by atoms with E-state index in [1.54, 1.807) is 0 Å². The largest absolute Gasteiger partial charge is 0.479 e. The van der Waals surface area contributed by atoms with E-state index in [1.807, 2.05) is 6.92 Å². The van der Waals surface area contributed by atoms with Crippen LogP contribution in [0.5, 0.6) is 0 Å². The zero-order chi connectivity index (χ0) is 15.7. The van der Waals surface area contributed by atoms with Gasteiger partial charge in [-0.15, -0.1) is 23.5 Å². The highest BCUT2D eigenvalue weighted by Gasteiger charge is 2.61. The fraction of sp³-hybridized carbons (Fsp3) is 0.867. The van der Waals surface area contributed by atoms with Gasteiger partial charge in [0.15, 0.2) is 0 Å². The van der Waals surface area contributed by atoms with Gasteiger partial charge in [0, 0.05) is 17.4 Å². The fourth-order valence-corrected chi connectivity index (χ4v) is 7.35. The number of hydrogen-bond acceptors (Lipinski definition) is 6. The summed E-state index contributed by atoms with van der Waals surface area (Å²) < 4.78 is 5.95. The average molecular weight is 365 g/mol. The van der Waals surface area contributed by atoms with E-state index in [-0.39, 0.29) is 16.4 Å². The molecule has 2 nitrogen and oxygen atoms in total. The van der Waals surface area contributed by atoms with Gasteiger partial charge in [0.05, 0.1) is 10.7 Å². The number of rotatable bonds is 5. The summed E-state index contributed by atoms with van der Waals surface area (Å²) in [4.78, 5) is 12.4. The van der Waals surface area contributed by atoms with Crippen LogP contribution in [0.1, 0.15) is 40.5 Å². The van der Waals surface area contributed by atoms with Gasteiger partial charge in [-0.1, -0.05) is 13.8 Å². The van der Waals surface area contributed by atoms with Crippen LogP contribution in [0.15, 0.2) is 0 Å². The van der Waals surface area contributed by atoms with Crippen molar-refractivity contribution in [2.45, 2.75) is 44.6 Å². The van der Waals surface area contributed by atoms with Gasteiger partial charge in [0.2, 0.25) is 9.50 Å². The highest BCUT2D eigenvalue weighted by Crippen LogP contribution is 2.63. The van der Waals surface area contributed by atoms with Crippen molar-refractivity contribution in [1.29, 1.82) is 0 Å². The number of ether oxygens (including phenoxy) is 1. The lowest BCUT2D eigenvalue weighted by molar-refractivity contribution is -0.112. The third-order valence-electron chi connectivity index (χ3n) is 4.56. The lowest BCUT2D eigenvalue weighted by Crippen LogP contribution is -2.12. The van der Waals surface area contributed by atoms with Gasteiger partial charge < -0.3 is 4.74 Å². The Kier molecular flexibility index (Phi) is 6.00. The number of hydrogen-bond donors (Lipinski definition) is 0. The zero-order valence-electron chi connectivity index (χ0n) is 13.1. The number of carbonyl (C=O) groups excluding carboxylic acids is 1. The molecule has 1 aliphatic heterocycles. The monoisotopic (exact) mass is 364 g/mol. The summed E-state index contributed by atoms with van der Waals surface area (Å²) in [6.07, 6.45) is 2.34. The number of thioether (sulfide) groups is 3. The van der Waals surface area contributed by atoms with Crippen LogP contribution in [0.2, 0.25) is 0 Å². The molecule has 120 valence electrons. The van der Waals surface area contributed by atoms with Gasteiger partial charge in [-0.05, 0) is 62.0 Å². The van der Waals surface area contributed by atoms with Gasteiger partial charge in [0.1, 0.15) is 0 Å². The number of thiocarbonyl (C=S) groups is 1. The Bertz CT molecular complexity index is 416. The second-order valence-electron chi connectivity index (χ2n) is 6.38. The molecule has 0 bridgehead atoms. The summed E-state index contributed by atoms with van der Waals surface area (Å²) >= 11 is 10.3. The first-order chi connectivity index (χ1) is 9.80. The van der Waals surface area contributed by atoms with Crippen LogP contribution in [0, 0.1) is 17.3 Å². The Hall–Kier alpha value is 0.610. The Morgan fingerprint density at radius 1 is 1.33 bits per heavy atom. The molecule has 0 spiro atoms. The smallest absolute Gasteiger partial charge is 0.227 e. The zero-order valence-corrected chi connectivity index (χ0v) is 16.4. The van der Waals surface area contributed by atoms with Crippen molar-refractivity contribution in [1.82, 2.24) is 0 Å². The van der Waals surface area contributed by atoms with Gasteiger partial charge in [-0.3, -0.25) is 4.79 Å². The molecule has 0 amide bonds. The first-order valence-electron chi connectivity index (χ1n) is 7.46. The maximum atomic E-state index is 12.4. The van der Waals surface area contributed by atoms with E-state index in [9.17, 15) is 4.79 Å². The minimum atomic E-state index is 0.121. The molecule has 1 aliphatic carbocycles. The van der Waals surface area contributed by atoms with Gasteiger partial charge >= 0.3 is 0 Å². The van der Waals surface area contributed by atoms with E-state index in [4.69, 9.17) is 17.0 Å². The normalized spacial score (nSPS) is 29.1. The Morgan fingerprint density at radius 3 is 2.52 bits per heavy atom. The van der Waals surface area contributed by atoms with Crippen LogP contribution in [0.25, 0.3) is 0 Å². The molecule has 2 atom stereocenters. The molecule has 6 heteroatoms. The minimum Gasteiger partial charge on any atom is -0.479 e. The fourth-order valence-electron chi connectivity index (χ4n) is 3.16. The van der Waals surface area contributed by atoms with E-state index in [2.05, 4.69) is 44.3 Å². The van der Waals surface area contributed by atoms with Crippen LogP contribution in [-0.2, 0) is 9.53 Å². The molecule has 0 radical (unpaired) electrons. The van der Waals surface area contributed by atoms with Crippen molar-refractivity contribution < 1.29 is 9.53 Å². The van der Waals surface area contributed by atoms with Crippen LogP contribution in [0.3, 0.4) is 0 Å². The van der Waals surface area contributed by atoms with Crippen molar-refractivity contribution in [2.24, 2.45) is 17.3 Å². The maximum absolute atomic E-state index is 12.4. The molecule has 0 unspecified atom stereocenters. The Balaban J connectivity index is 1.84. The summed E-state index contributed by atoms with van der Waals surface area (Å²) in [7, 11) is 0. The SMILES string of the molecule is CCOC(=S)SC(=O)[C@H]1[C@@H](CCC2(C)SCCS2)C1(C)C. The summed E-state index contributed by atoms with van der Waals surface area (Å²) in [5.74, 6) is 3.16. The second kappa shape index (κ2) is 7.02. The predicted octanol–water partition coefficient (Wildman–Crippen LogP) is 4.82. The minimum absolute atomic E-state index is 0.121. The molecular formula is C15H24O2S4. The van der Waals surface area contributed by atoms with Crippen LogP contribution in [-0.4, -0.2) is 31.7 Å². The molecule has 0 aromatic carbocycles. The topological polar surface area (TPSA) is 26.3 Å². The molecule has 2 fully saturated rings. The van der Waals surface area contributed by atoms with Crippen molar-refractivity contribution in [3.63, 3.8) is 0 Å². The molecule has 0 aromatic rings. The van der Waals surface area contributed by atoms with Crippen LogP contribution >= 0.6 is 47.5 Å². The number of carbonyl (C=O) groups is 1. The van der Waals surface area contributed by atoms with E-state index in [0.717, 1.165) is 18.2 Å². The Morgan fingerprint density at radius 2 is 1.95 bits per heavy atom. The molecular weight excluding hydrogens is 340 g/mol. The van der Waals surface area contributed by atoms with Crippen LogP contribution in [0.4, 0.5) is 0 Å². The van der Waals surface area contributed by atoms with E-state index >= 15 is 0 Å². The van der Waals surface area contributed by atoms with E-state index in [1.165, 1.54) is 17.9 Å². The molecule has 1 saturated carbocycles. The maximum Gasteiger partial charge on any atom is 0.227 e. The first kappa shape index (κ1) is 18.0. The summed E-state index contributed by atoms with van der Waals surface area (Å²) in [5, 5.41) is 0.195. The lowest BCUT2D eigenvalue weighted by atomic mass is 10.1. The summed E-state index contributed by atoms with van der Waals surface area (Å²) in [5.41, 5.74) is 0.121. The first-order valence-corrected chi connectivity index (χ1v) is 10.7. The average Bonchev–Trinajstić information content (AvgIpc) is 2.71. The third-order valence-corrected chi connectivity index (χ3v) is 9.08. The predicted molar refractivity (Wildman–Crippen MR) is 100 cm³/mol. The molecule has 1 saturated heterocycles. The summed E-state index contributed by atoms with van der Waals surface area (Å²) in [6, 6.07) is 0. The highest BCUT2D eigenvalue weighted by atomic mass is 32.2. The quantitative estimate of drug-likeness (QED) is 0.649. The summed E-state index contributed by atoms with van der Waals surface area (Å²) in [6.45, 7) is 9.19. The van der Waals surface area contributed by atoms with Crippen molar-refractivity contribution in [2.75, 3.05) is 18.1 Å². The lowest BCUT2D eigenvalue weighted by Gasteiger charge is -2.21. The highest BCUT2D eigenvalue weighted by molar-refractivity contribution is 8.32. The van der Waals surface area contributed by atoms with Gasteiger partial charge in [0.25, 0.3) is 0 Å². The Labute approximate surface area is 146 Å². The standard InChI is InChI=1S/C15H24O2S4/c1-5-17-13(18)21-12(16)11-10(14(11,2)3)6-7-15(4)19-8-9-20-15/h10-11H,5-9H2,1-4H3/t10-,11-/m1/s1. The van der Waals surface area contributed by atoms with Crippen molar-refractivity contribution >= 4 is 57.0 Å². The molecule has 2 aliphatic rings. The van der Waals surface area contributed by atoms with E-state index in [0.29, 0.717) is 21.0 Å².